The number of nitrogens with zero attached hydrogens (tertiary/aromatic N) is 3. The van der Waals surface area contributed by atoms with E-state index in [0.29, 0.717) is 10.8 Å². The lowest BCUT2D eigenvalue weighted by atomic mass is 10.2. The van der Waals surface area contributed by atoms with Crippen molar-refractivity contribution in [3.63, 3.8) is 0 Å². The second kappa shape index (κ2) is 7.12. The lowest BCUT2D eigenvalue weighted by Gasteiger charge is -1.98. The van der Waals surface area contributed by atoms with Crippen LogP contribution in [0.25, 0.3) is 21.1 Å². The van der Waals surface area contributed by atoms with Crippen molar-refractivity contribution in [2.45, 2.75) is 0 Å². The predicted octanol–water partition coefficient (Wildman–Crippen LogP) is 5.40. The van der Waals surface area contributed by atoms with Gasteiger partial charge in [0.2, 0.25) is 0 Å². The molecule has 1 N–H and O–H groups in total. The first-order valence-corrected chi connectivity index (χ1v) is 10.5. The summed E-state index contributed by atoms with van der Waals surface area (Å²) in [5.41, 5.74) is 2.09. The number of thiazole rings is 2. The molecule has 4 heterocycles. The van der Waals surface area contributed by atoms with Gasteiger partial charge < -0.3 is 0 Å². The highest BCUT2D eigenvalue weighted by Gasteiger charge is 2.15. The van der Waals surface area contributed by atoms with Gasteiger partial charge in [0.25, 0.3) is 5.91 Å². The minimum Gasteiger partial charge on any atom is -0.296 e. The largest absolute Gasteiger partial charge is 0.296 e. The molecule has 0 aliphatic heterocycles. The summed E-state index contributed by atoms with van der Waals surface area (Å²) in [5.74, 6) is -0.259. The van der Waals surface area contributed by atoms with Crippen LogP contribution in [0.4, 0.5) is 5.13 Å². The zero-order valence-electron chi connectivity index (χ0n) is 12.5. The van der Waals surface area contributed by atoms with E-state index < -0.39 is 0 Å². The second-order valence-electron chi connectivity index (χ2n) is 4.90. The first-order valence-electron chi connectivity index (χ1n) is 7.06. The van der Waals surface area contributed by atoms with Gasteiger partial charge in [-0.25, -0.2) is 9.97 Å². The zero-order chi connectivity index (χ0) is 17.2. The Hall–Kier alpha value is -1.94. The third-order valence-corrected chi connectivity index (χ3v) is 6.66. The summed E-state index contributed by atoms with van der Waals surface area (Å²) in [4.78, 5) is 26.4. The highest BCUT2D eigenvalue weighted by Crippen LogP contribution is 2.32. The van der Waals surface area contributed by atoms with E-state index in [2.05, 4.69) is 36.2 Å². The summed E-state index contributed by atoms with van der Waals surface area (Å²) in [5, 5.41) is 9.81. The number of halogens is 1. The van der Waals surface area contributed by atoms with E-state index in [0.717, 1.165) is 25.6 Å². The maximum atomic E-state index is 12.4. The van der Waals surface area contributed by atoms with Crippen molar-refractivity contribution in [1.29, 1.82) is 0 Å². The summed E-state index contributed by atoms with van der Waals surface area (Å²) in [6.07, 6.45) is 3.46. The zero-order valence-corrected chi connectivity index (χ0v) is 16.5. The molecule has 4 aromatic heterocycles. The molecule has 0 atom stereocenters. The van der Waals surface area contributed by atoms with E-state index in [9.17, 15) is 4.79 Å². The fraction of sp³-hybridized carbons (Fsp3) is 0. The van der Waals surface area contributed by atoms with Crippen LogP contribution in [0.2, 0.25) is 0 Å². The third kappa shape index (κ3) is 3.69. The Bertz CT molecular complexity index is 1020. The Balaban J connectivity index is 1.49. The van der Waals surface area contributed by atoms with Crippen LogP contribution < -0.4 is 5.32 Å². The summed E-state index contributed by atoms with van der Waals surface area (Å²) in [6.45, 7) is 0. The number of nitrogens with one attached hydrogen (secondary N) is 1. The quantitative estimate of drug-likeness (QED) is 0.453. The molecule has 0 aliphatic carbocycles. The van der Waals surface area contributed by atoms with Gasteiger partial charge in [0.05, 0.1) is 10.6 Å². The number of carbonyl (C=O) groups excluding carboxylic acids is 1. The number of hydrogen-bond acceptors (Lipinski definition) is 7. The van der Waals surface area contributed by atoms with E-state index >= 15 is 0 Å². The topological polar surface area (TPSA) is 67.8 Å². The van der Waals surface area contributed by atoms with Crippen LogP contribution in [-0.2, 0) is 0 Å². The highest BCUT2D eigenvalue weighted by molar-refractivity contribution is 9.10. The molecule has 124 valence electrons. The molecule has 0 saturated carbocycles. The van der Waals surface area contributed by atoms with Crippen molar-refractivity contribution in [3.8, 4) is 21.1 Å². The smallest absolute Gasteiger partial charge is 0.276 e. The van der Waals surface area contributed by atoms with Crippen molar-refractivity contribution in [1.82, 2.24) is 15.0 Å². The van der Waals surface area contributed by atoms with Crippen molar-refractivity contribution in [3.05, 3.63) is 56.9 Å². The minimum atomic E-state index is -0.259. The average molecular weight is 449 g/mol. The molecule has 0 unspecified atom stereocenters. The normalized spacial score (nSPS) is 10.8. The number of aromatic nitrogens is 3. The second-order valence-corrected chi connectivity index (χ2v) is 8.44. The Morgan fingerprint density at radius 3 is 2.80 bits per heavy atom. The Morgan fingerprint density at radius 2 is 2.04 bits per heavy atom. The molecule has 0 aliphatic rings. The van der Waals surface area contributed by atoms with Crippen molar-refractivity contribution in [2.24, 2.45) is 0 Å². The van der Waals surface area contributed by atoms with Crippen LogP contribution in [0.3, 0.4) is 0 Å². The molecule has 1 amide bonds. The number of carbonyl (C=O) groups is 1. The first kappa shape index (κ1) is 16.5. The fourth-order valence-electron chi connectivity index (χ4n) is 2.06. The first-order chi connectivity index (χ1) is 12.2. The fourth-order valence-corrected chi connectivity index (χ4v) is 5.08. The lowest BCUT2D eigenvalue weighted by molar-refractivity contribution is 0.102. The van der Waals surface area contributed by atoms with Gasteiger partial charge >= 0.3 is 0 Å². The Morgan fingerprint density at radius 1 is 1.12 bits per heavy atom. The molecule has 0 radical (unpaired) electrons. The summed E-state index contributed by atoms with van der Waals surface area (Å²) in [6, 6.07) is 5.78. The standard InChI is InChI=1S/C16H9BrN4OS3/c17-10-4-13(23-6-10)15-19-12(8-24-15)14(22)21-16-20-11(7-25-16)9-2-1-3-18-5-9/h1-8H,(H,20,21,22). The van der Waals surface area contributed by atoms with Gasteiger partial charge in [-0.1, -0.05) is 0 Å². The number of amides is 1. The summed E-state index contributed by atoms with van der Waals surface area (Å²) < 4.78 is 1.01. The van der Waals surface area contributed by atoms with Gasteiger partial charge in [-0.3, -0.25) is 15.1 Å². The van der Waals surface area contributed by atoms with Crippen LogP contribution in [0.5, 0.6) is 0 Å². The SMILES string of the molecule is O=C(Nc1nc(-c2cccnc2)cs1)c1csc(-c2cc(Br)cs2)n1. The number of anilines is 1. The maximum Gasteiger partial charge on any atom is 0.276 e. The number of rotatable bonds is 4. The van der Waals surface area contributed by atoms with E-state index in [1.807, 2.05) is 29.0 Å². The van der Waals surface area contributed by atoms with Crippen LogP contribution in [0.1, 0.15) is 10.5 Å². The molecular weight excluding hydrogens is 440 g/mol. The monoisotopic (exact) mass is 448 g/mol. The minimum absolute atomic E-state index is 0.259. The number of hydrogen-bond donors (Lipinski definition) is 1. The Labute approximate surface area is 163 Å². The predicted molar refractivity (Wildman–Crippen MR) is 106 cm³/mol. The van der Waals surface area contributed by atoms with Gasteiger partial charge in [0.15, 0.2) is 5.13 Å². The molecule has 0 saturated heterocycles. The third-order valence-electron chi connectivity index (χ3n) is 3.20. The van der Waals surface area contributed by atoms with Crippen LogP contribution in [-0.4, -0.2) is 20.9 Å². The van der Waals surface area contributed by atoms with E-state index in [1.165, 1.54) is 22.7 Å². The summed E-state index contributed by atoms with van der Waals surface area (Å²) in [7, 11) is 0. The van der Waals surface area contributed by atoms with Gasteiger partial charge in [-0.2, -0.15) is 0 Å². The molecule has 0 bridgehead atoms. The summed E-state index contributed by atoms with van der Waals surface area (Å²) >= 11 is 7.84. The van der Waals surface area contributed by atoms with Crippen LogP contribution >= 0.6 is 49.9 Å². The van der Waals surface area contributed by atoms with E-state index in [4.69, 9.17) is 0 Å². The Kier molecular flexibility index (Phi) is 4.71. The molecule has 5 nitrogen and oxygen atoms in total. The molecule has 4 rings (SSSR count). The van der Waals surface area contributed by atoms with Crippen LogP contribution in [0.15, 0.2) is 51.2 Å². The van der Waals surface area contributed by atoms with Gasteiger partial charge in [0.1, 0.15) is 10.7 Å². The van der Waals surface area contributed by atoms with Crippen molar-refractivity contribution >= 4 is 61.0 Å². The molecule has 0 spiro atoms. The molecule has 9 heteroatoms. The number of pyridine rings is 1. The maximum absolute atomic E-state index is 12.4. The molecule has 0 fully saturated rings. The lowest BCUT2D eigenvalue weighted by Crippen LogP contribution is -2.12. The van der Waals surface area contributed by atoms with Gasteiger partial charge in [-0.15, -0.1) is 34.0 Å². The van der Waals surface area contributed by atoms with E-state index in [-0.39, 0.29) is 5.91 Å². The number of thiophene rings is 1. The van der Waals surface area contributed by atoms with Gasteiger partial charge in [-0.05, 0) is 34.1 Å². The molecular formula is C16H9BrN4OS3. The molecule has 4 aromatic rings. The average Bonchev–Trinajstić information content (AvgIpc) is 3.35. The highest BCUT2D eigenvalue weighted by atomic mass is 79.9. The van der Waals surface area contributed by atoms with Gasteiger partial charge in [0, 0.05) is 38.6 Å². The van der Waals surface area contributed by atoms with Crippen LogP contribution in [0, 0.1) is 0 Å². The van der Waals surface area contributed by atoms with E-state index in [1.54, 1.807) is 29.1 Å². The van der Waals surface area contributed by atoms with Crippen molar-refractivity contribution < 1.29 is 4.79 Å². The molecule has 25 heavy (non-hydrogen) atoms. The van der Waals surface area contributed by atoms with Crippen molar-refractivity contribution in [2.75, 3.05) is 5.32 Å². The molecule has 0 aromatic carbocycles.